The van der Waals surface area contributed by atoms with Gasteiger partial charge >= 0.3 is 0 Å². The monoisotopic (exact) mass is 460 g/mol. The summed E-state index contributed by atoms with van der Waals surface area (Å²) in [4.78, 5) is 9.16. The number of halogens is 2. The van der Waals surface area contributed by atoms with Crippen LogP contribution in [0.15, 0.2) is 85.3 Å². The van der Waals surface area contributed by atoms with Gasteiger partial charge in [-0.1, -0.05) is 53.5 Å². The molecule has 0 aliphatic carbocycles. The van der Waals surface area contributed by atoms with Crippen molar-refractivity contribution in [3.63, 3.8) is 0 Å². The first-order valence-electron chi connectivity index (χ1n) is 9.92. The van der Waals surface area contributed by atoms with Gasteiger partial charge in [0.25, 0.3) is 0 Å². The number of fused-ring (bicyclic) bond motifs is 1. The van der Waals surface area contributed by atoms with Gasteiger partial charge in [-0.3, -0.25) is 0 Å². The molecule has 0 radical (unpaired) electrons. The minimum atomic E-state index is 0.518. The lowest BCUT2D eigenvalue weighted by atomic mass is 10.1. The van der Waals surface area contributed by atoms with Gasteiger partial charge in [0.05, 0.1) is 17.5 Å². The van der Waals surface area contributed by atoms with E-state index in [1.165, 1.54) is 0 Å². The molecule has 2 heterocycles. The average Bonchev–Trinajstić information content (AvgIpc) is 3.21. The van der Waals surface area contributed by atoms with Crippen molar-refractivity contribution in [3.8, 4) is 22.6 Å². The van der Waals surface area contributed by atoms with Gasteiger partial charge in [0.1, 0.15) is 17.9 Å². The van der Waals surface area contributed by atoms with Gasteiger partial charge in [-0.15, -0.1) is 0 Å². The number of nitrogens with one attached hydrogen (secondary N) is 1. The normalized spacial score (nSPS) is 11.0. The zero-order valence-electron chi connectivity index (χ0n) is 17.1. The highest BCUT2D eigenvalue weighted by molar-refractivity contribution is 6.32. The summed E-state index contributed by atoms with van der Waals surface area (Å²) in [6, 6.07) is 23.4. The quantitative estimate of drug-likeness (QED) is 0.302. The lowest BCUT2D eigenvalue weighted by Crippen LogP contribution is -1.98. The number of anilines is 2. The molecule has 0 unspecified atom stereocenters. The summed E-state index contributed by atoms with van der Waals surface area (Å²) >= 11 is 12.4. The lowest BCUT2D eigenvalue weighted by molar-refractivity contribution is 0.415. The third-order valence-corrected chi connectivity index (χ3v) is 5.73. The summed E-state index contributed by atoms with van der Waals surface area (Å²) in [5.74, 6) is 1.30. The van der Waals surface area contributed by atoms with E-state index in [9.17, 15) is 0 Å². The number of aromatic nitrogens is 3. The molecule has 3 aromatic carbocycles. The lowest BCUT2D eigenvalue weighted by Gasteiger charge is -2.10. The van der Waals surface area contributed by atoms with E-state index in [2.05, 4.69) is 33.6 Å². The zero-order chi connectivity index (χ0) is 22.1. The second kappa shape index (κ2) is 8.54. The summed E-state index contributed by atoms with van der Waals surface area (Å²) in [6.45, 7) is 0. The molecule has 0 aliphatic rings. The fourth-order valence-electron chi connectivity index (χ4n) is 3.67. The van der Waals surface area contributed by atoms with Crippen LogP contribution in [0.3, 0.4) is 0 Å². The number of hydrogen-bond acceptors (Lipinski definition) is 4. The maximum Gasteiger partial charge on any atom is 0.150 e. The first-order chi connectivity index (χ1) is 15.6. The molecular weight excluding hydrogens is 443 g/mol. The van der Waals surface area contributed by atoms with Gasteiger partial charge in [-0.25, -0.2) is 9.97 Å². The smallest absolute Gasteiger partial charge is 0.150 e. The molecule has 32 heavy (non-hydrogen) atoms. The van der Waals surface area contributed by atoms with Crippen molar-refractivity contribution in [2.75, 3.05) is 12.4 Å². The first kappa shape index (κ1) is 20.4. The van der Waals surface area contributed by atoms with E-state index in [-0.39, 0.29) is 0 Å². The second-order valence-electron chi connectivity index (χ2n) is 7.15. The van der Waals surface area contributed by atoms with Crippen LogP contribution in [0.5, 0.6) is 5.75 Å². The molecule has 158 valence electrons. The van der Waals surface area contributed by atoms with Crippen LogP contribution in [0.25, 0.3) is 27.8 Å². The Kier molecular flexibility index (Phi) is 5.43. The molecule has 0 amide bonds. The van der Waals surface area contributed by atoms with Gasteiger partial charge < -0.3 is 14.6 Å². The van der Waals surface area contributed by atoms with Crippen molar-refractivity contribution >= 4 is 45.7 Å². The largest absolute Gasteiger partial charge is 0.495 e. The van der Waals surface area contributed by atoms with E-state index in [0.717, 1.165) is 33.5 Å². The Morgan fingerprint density at radius 3 is 2.41 bits per heavy atom. The second-order valence-corrected chi connectivity index (χ2v) is 7.99. The summed E-state index contributed by atoms with van der Waals surface area (Å²) in [6.07, 6.45) is 3.63. The standard InChI is InChI=1S/C25H18Cl2N4O/c1-32-22-12-9-18(13-21(22)27)30-24-23-20(16-5-3-2-4-6-16)14-31(25(23)29-15-28-24)19-10-7-17(26)8-11-19/h2-15H,1H3,(H,28,29,30). The fourth-order valence-corrected chi connectivity index (χ4v) is 4.06. The number of rotatable bonds is 5. The molecule has 0 saturated carbocycles. The molecule has 5 rings (SSSR count). The van der Waals surface area contributed by atoms with E-state index in [4.69, 9.17) is 27.9 Å². The van der Waals surface area contributed by atoms with Crippen LogP contribution in [-0.2, 0) is 0 Å². The van der Waals surface area contributed by atoms with E-state index in [1.54, 1.807) is 13.4 Å². The topological polar surface area (TPSA) is 52.0 Å². The van der Waals surface area contributed by atoms with Crippen molar-refractivity contribution in [1.82, 2.24) is 14.5 Å². The molecular formula is C25H18Cl2N4O. The van der Waals surface area contributed by atoms with Crippen LogP contribution < -0.4 is 10.1 Å². The number of nitrogens with zero attached hydrogens (tertiary/aromatic N) is 3. The minimum Gasteiger partial charge on any atom is -0.495 e. The molecule has 7 heteroatoms. The Labute approximate surface area is 195 Å². The third-order valence-electron chi connectivity index (χ3n) is 5.19. The van der Waals surface area contributed by atoms with Crippen LogP contribution in [0.2, 0.25) is 10.0 Å². The summed E-state index contributed by atoms with van der Waals surface area (Å²) in [7, 11) is 1.59. The molecule has 5 nitrogen and oxygen atoms in total. The van der Waals surface area contributed by atoms with Gasteiger partial charge in [-0.2, -0.15) is 0 Å². The molecule has 0 aliphatic heterocycles. The Morgan fingerprint density at radius 2 is 1.69 bits per heavy atom. The minimum absolute atomic E-state index is 0.518. The van der Waals surface area contributed by atoms with Crippen LogP contribution in [-0.4, -0.2) is 21.6 Å². The van der Waals surface area contributed by atoms with Crippen LogP contribution in [0.4, 0.5) is 11.5 Å². The Balaban J connectivity index is 1.70. The Morgan fingerprint density at radius 1 is 0.906 bits per heavy atom. The number of ether oxygens (including phenoxy) is 1. The zero-order valence-corrected chi connectivity index (χ0v) is 18.6. The number of benzene rings is 3. The summed E-state index contributed by atoms with van der Waals surface area (Å²) in [5, 5.41) is 5.50. The molecule has 2 aromatic heterocycles. The highest BCUT2D eigenvalue weighted by Gasteiger charge is 2.18. The van der Waals surface area contributed by atoms with Crippen LogP contribution in [0, 0.1) is 0 Å². The third kappa shape index (κ3) is 3.77. The van der Waals surface area contributed by atoms with E-state index in [0.29, 0.717) is 21.6 Å². The van der Waals surface area contributed by atoms with E-state index >= 15 is 0 Å². The number of methoxy groups -OCH3 is 1. The highest BCUT2D eigenvalue weighted by atomic mass is 35.5. The van der Waals surface area contributed by atoms with E-state index < -0.39 is 0 Å². The molecule has 0 fully saturated rings. The fraction of sp³-hybridized carbons (Fsp3) is 0.0400. The predicted octanol–water partition coefficient (Wildman–Crippen LogP) is 7.15. The van der Waals surface area contributed by atoms with Gasteiger partial charge in [-0.05, 0) is 48.0 Å². The van der Waals surface area contributed by atoms with Gasteiger partial charge in [0.15, 0.2) is 5.65 Å². The van der Waals surface area contributed by atoms with Crippen LogP contribution in [0.1, 0.15) is 0 Å². The molecule has 5 aromatic rings. The highest BCUT2D eigenvalue weighted by Crippen LogP contribution is 2.37. The van der Waals surface area contributed by atoms with Crippen molar-refractivity contribution in [2.24, 2.45) is 0 Å². The van der Waals surface area contributed by atoms with Crippen molar-refractivity contribution in [1.29, 1.82) is 0 Å². The van der Waals surface area contributed by atoms with Crippen molar-refractivity contribution < 1.29 is 4.74 Å². The molecule has 0 saturated heterocycles. The molecule has 0 bridgehead atoms. The average molecular weight is 461 g/mol. The maximum atomic E-state index is 6.33. The van der Waals surface area contributed by atoms with Gasteiger partial charge in [0, 0.05) is 28.2 Å². The molecule has 0 spiro atoms. The number of hydrogen-bond donors (Lipinski definition) is 1. The summed E-state index contributed by atoms with van der Waals surface area (Å²) in [5.41, 5.74) is 4.62. The Bertz CT molecular complexity index is 1400. The maximum absolute atomic E-state index is 6.33. The first-order valence-corrected chi connectivity index (χ1v) is 10.7. The Hall–Kier alpha value is -3.54. The van der Waals surface area contributed by atoms with Gasteiger partial charge in [0.2, 0.25) is 0 Å². The van der Waals surface area contributed by atoms with E-state index in [1.807, 2.05) is 65.2 Å². The molecule has 0 atom stereocenters. The van der Waals surface area contributed by atoms with Crippen LogP contribution >= 0.6 is 23.2 Å². The van der Waals surface area contributed by atoms with Crippen molar-refractivity contribution in [2.45, 2.75) is 0 Å². The SMILES string of the molecule is COc1ccc(Nc2ncnc3c2c(-c2ccccc2)cn3-c2ccc(Cl)cc2)cc1Cl. The molecule has 1 N–H and O–H groups in total. The van der Waals surface area contributed by atoms with Crippen molar-refractivity contribution in [3.05, 3.63) is 95.4 Å². The predicted molar refractivity (Wildman–Crippen MR) is 131 cm³/mol. The summed E-state index contributed by atoms with van der Waals surface area (Å²) < 4.78 is 7.30.